The molecular weight excluding hydrogens is 384 g/mol. The maximum absolute atomic E-state index is 12.4. The minimum atomic E-state index is 0.188. The van der Waals surface area contributed by atoms with Gasteiger partial charge in [-0.3, -0.25) is 4.79 Å². The fourth-order valence-electron chi connectivity index (χ4n) is 3.22. The van der Waals surface area contributed by atoms with Gasteiger partial charge in [0.15, 0.2) is 0 Å². The van der Waals surface area contributed by atoms with Crippen molar-refractivity contribution in [3.05, 3.63) is 76.9 Å². The second kappa shape index (κ2) is 10.7. The Hall–Kier alpha value is -1.69. The van der Waals surface area contributed by atoms with E-state index < -0.39 is 0 Å². The van der Waals surface area contributed by atoms with E-state index in [1.807, 2.05) is 23.1 Å². The summed E-state index contributed by atoms with van der Waals surface area (Å²) in [6, 6.07) is 19.1. The van der Waals surface area contributed by atoms with Gasteiger partial charge in [0.1, 0.15) is 0 Å². The van der Waals surface area contributed by atoms with Crippen LogP contribution in [0.4, 0.5) is 4.79 Å². The number of nitrogens with zero attached hydrogens (tertiary/aromatic N) is 2. The van der Waals surface area contributed by atoms with Crippen LogP contribution < -0.4 is 0 Å². The number of amides is 1. The van der Waals surface area contributed by atoms with Crippen molar-refractivity contribution in [3.63, 3.8) is 0 Å². The van der Waals surface area contributed by atoms with E-state index in [2.05, 4.69) is 61.5 Å². The third kappa shape index (κ3) is 6.73. The number of piperidine rings is 1. The SMILES string of the molecule is CN(C)Cc1ccc(C=C2CCN(C(=O)SSCc3ccccc3)CC2)cc1. The molecule has 2 aromatic rings. The Kier molecular flexibility index (Phi) is 8.07. The topological polar surface area (TPSA) is 23.6 Å². The summed E-state index contributed by atoms with van der Waals surface area (Å²) in [6.07, 6.45) is 4.22. The van der Waals surface area contributed by atoms with Gasteiger partial charge in [0.05, 0.1) is 0 Å². The van der Waals surface area contributed by atoms with Crippen molar-refractivity contribution in [2.24, 2.45) is 0 Å². The van der Waals surface area contributed by atoms with Crippen molar-refractivity contribution in [2.75, 3.05) is 27.2 Å². The average Bonchev–Trinajstić information content (AvgIpc) is 2.70. The molecule has 1 fully saturated rings. The van der Waals surface area contributed by atoms with Crippen LogP contribution in [0.25, 0.3) is 6.08 Å². The molecule has 1 heterocycles. The van der Waals surface area contributed by atoms with Gasteiger partial charge < -0.3 is 9.80 Å². The zero-order valence-corrected chi connectivity index (χ0v) is 18.3. The van der Waals surface area contributed by atoms with Crippen LogP contribution in [0.5, 0.6) is 0 Å². The summed E-state index contributed by atoms with van der Waals surface area (Å²) in [6.45, 7) is 2.61. The first-order chi connectivity index (χ1) is 13.6. The lowest BCUT2D eigenvalue weighted by Crippen LogP contribution is -2.33. The monoisotopic (exact) mass is 412 g/mol. The highest BCUT2D eigenvalue weighted by molar-refractivity contribution is 8.81. The first kappa shape index (κ1) is 21.0. The molecule has 0 atom stereocenters. The maximum atomic E-state index is 12.4. The molecule has 0 N–H and O–H groups in total. The Bertz CT molecular complexity index is 778. The largest absolute Gasteiger partial charge is 0.332 e. The average molecular weight is 413 g/mol. The molecule has 0 saturated carbocycles. The zero-order chi connectivity index (χ0) is 19.8. The molecule has 3 nitrogen and oxygen atoms in total. The molecule has 0 aromatic heterocycles. The lowest BCUT2D eigenvalue weighted by atomic mass is 10.0. The van der Waals surface area contributed by atoms with Gasteiger partial charge in [0, 0.05) is 36.2 Å². The van der Waals surface area contributed by atoms with Crippen LogP contribution in [0, 0.1) is 0 Å². The van der Waals surface area contributed by atoms with Gasteiger partial charge in [-0.1, -0.05) is 77.0 Å². The molecule has 28 heavy (non-hydrogen) atoms. The molecule has 0 spiro atoms. The van der Waals surface area contributed by atoms with E-state index in [0.717, 1.165) is 38.2 Å². The van der Waals surface area contributed by atoms with E-state index in [1.165, 1.54) is 33.1 Å². The minimum Gasteiger partial charge on any atom is -0.332 e. The smallest absolute Gasteiger partial charge is 0.292 e. The molecule has 3 rings (SSSR count). The van der Waals surface area contributed by atoms with Gasteiger partial charge >= 0.3 is 0 Å². The van der Waals surface area contributed by atoms with Crippen LogP contribution in [-0.2, 0) is 12.3 Å². The minimum absolute atomic E-state index is 0.188. The van der Waals surface area contributed by atoms with Gasteiger partial charge in [0.2, 0.25) is 0 Å². The highest BCUT2D eigenvalue weighted by Crippen LogP contribution is 2.30. The van der Waals surface area contributed by atoms with E-state index in [9.17, 15) is 4.79 Å². The van der Waals surface area contributed by atoms with Crippen LogP contribution in [0.3, 0.4) is 0 Å². The van der Waals surface area contributed by atoms with Crippen LogP contribution in [-0.4, -0.2) is 42.2 Å². The van der Waals surface area contributed by atoms with Crippen LogP contribution >= 0.6 is 21.6 Å². The Balaban J connectivity index is 1.43. The van der Waals surface area contributed by atoms with E-state index in [1.54, 1.807) is 10.8 Å². The summed E-state index contributed by atoms with van der Waals surface area (Å²) < 4.78 is 0. The highest BCUT2D eigenvalue weighted by Gasteiger charge is 2.19. The summed E-state index contributed by atoms with van der Waals surface area (Å²) in [7, 11) is 7.17. The van der Waals surface area contributed by atoms with Crippen molar-refractivity contribution in [1.82, 2.24) is 9.80 Å². The lowest BCUT2D eigenvalue weighted by molar-refractivity contribution is 0.219. The Morgan fingerprint density at radius 2 is 1.68 bits per heavy atom. The molecule has 148 valence electrons. The van der Waals surface area contributed by atoms with Gasteiger partial charge in [0.25, 0.3) is 5.24 Å². The lowest BCUT2D eigenvalue weighted by Gasteiger charge is -2.28. The summed E-state index contributed by atoms with van der Waals surface area (Å²) in [5.41, 5.74) is 5.28. The molecule has 0 bridgehead atoms. The Morgan fingerprint density at radius 1 is 1.00 bits per heavy atom. The number of benzene rings is 2. The van der Waals surface area contributed by atoms with Gasteiger partial charge in [-0.25, -0.2) is 0 Å². The van der Waals surface area contributed by atoms with Crippen LogP contribution in [0.1, 0.15) is 29.5 Å². The van der Waals surface area contributed by atoms with Gasteiger partial charge in [-0.15, -0.1) is 0 Å². The Morgan fingerprint density at radius 3 is 2.32 bits per heavy atom. The first-order valence-corrected chi connectivity index (χ1v) is 12.0. The second-order valence-corrected chi connectivity index (χ2v) is 9.61. The molecule has 1 amide bonds. The standard InChI is InChI=1S/C23H28N2OS2/c1-24(2)17-21-10-8-19(9-11-21)16-20-12-14-25(15-13-20)23(26)28-27-18-22-6-4-3-5-7-22/h3-11,16H,12-15,17-18H2,1-2H3. The summed E-state index contributed by atoms with van der Waals surface area (Å²) >= 11 is 0. The molecule has 2 aromatic carbocycles. The van der Waals surface area contributed by atoms with Crippen molar-refractivity contribution < 1.29 is 4.79 Å². The number of carbonyl (C=O) groups excluding carboxylic acids is 1. The van der Waals surface area contributed by atoms with Crippen LogP contribution in [0.15, 0.2) is 60.2 Å². The number of rotatable bonds is 6. The van der Waals surface area contributed by atoms with E-state index in [-0.39, 0.29) is 5.24 Å². The van der Waals surface area contributed by atoms with Gasteiger partial charge in [-0.2, -0.15) is 0 Å². The fraction of sp³-hybridized carbons (Fsp3) is 0.348. The molecule has 0 radical (unpaired) electrons. The van der Waals surface area contributed by atoms with Crippen molar-refractivity contribution >= 4 is 32.9 Å². The van der Waals surface area contributed by atoms with E-state index >= 15 is 0 Å². The first-order valence-electron chi connectivity index (χ1n) is 9.65. The summed E-state index contributed by atoms with van der Waals surface area (Å²) in [5.74, 6) is 0.861. The molecule has 0 unspecified atom stereocenters. The van der Waals surface area contributed by atoms with Crippen molar-refractivity contribution in [3.8, 4) is 0 Å². The number of hydrogen-bond acceptors (Lipinski definition) is 4. The quantitative estimate of drug-likeness (QED) is 0.549. The third-order valence-corrected chi connectivity index (χ3v) is 6.82. The molecule has 1 aliphatic rings. The number of hydrogen-bond donors (Lipinski definition) is 0. The van der Waals surface area contributed by atoms with E-state index in [4.69, 9.17) is 0 Å². The van der Waals surface area contributed by atoms with Crippen LogP contribution in [0.2, 0.25) is 0 Å². The molecule has 1 aliphatic heterocycles. The zero-order valence-electron chi connectivity index (χ0n) is 16.6. The molecule has 0 aliphatic carbocycles. The number of likely N-dealkylation sites (tertiary alicyclic amines) is 1. The summed E-state index contributed by atoms with van der Waals surface area (Å²) in [4.78, 5) is 16.6. The predicted octanol–water partition coefficient (Wildman–Crippen LogP) is 5.93. The third-order valence-electron chi connectivity index (χ3n) is 4.71. The van der Waals surface area contributed by atoms with Crippen molar-refractivity contribution in [1.29, 1.82) is 0 Å². The fourth-order valence-corrected chi connectivity index (χ4v) is 5.20. The predicted molar refractivity (Wildman–Crippen MR) is 123 cm³/mol. The second-order valence-electron chi connectivity index (χ2n) is 7.37. The highest BCUT2D eigenvalue weighted by atomic mass is 33.1. The molecular formula is C23H28N2OS2. The molecule has 1 saturated heterocycles. The molecule has 5 heteroatoms. The van der Waals surface area contributed by atoms with Gasteiger partial charge in [-0.05, 0) is 43.6 Å². The summed E-state index contributed by atoms with van der Waals surface area (Å²) in [5, 5.41) is 0.188. The maximum Gasteiger partial charge on any atom is 0.292 e. The van der Waals surface area contributed by atoms with E-state index in [0.29, 0.717) is 0 Å². The normalized spacial score (nSPS) is 14.4. The Labute approximate surface area is 176 Å². The van der Waals surface area contributed by atoms with Crippen molar-refractivity contribution in [2.45, 2.75) is 25.1 Å². The number of carbonyl (C=O) groups is 1.